The van der Waals surface area contributed by atoms with Crippen molar-refractivity contribution < 1.29 is 37.3 Å². The second-order valence-electron chi connectivity index (χ2n) is 11.6. The number of nitrogens with zero attached hydrogens (tertiary/aromatic N) is 3. The quantitative estimate of drug-likeness (QED) is 0.0575. The summed E-state index contributed by atoms with van der Waals surface area (Å²) in [5.74, 6) is -1.78. The summed E-state index contributed by atoms with van der Waals surface area (Å²) in [5.41, 5.74) is 5.08. The SMILES string of the molecule is CCNC.CCNCCCC(C)O.Fc1cccc(COc2ccc(Nc3ncnc4sc5c(c34)CCc3[nH]ncc3-5)cc2Cl)c1.O=C(O)C(F)(F)F. The van der Waals surface area contributed by atoms with Crippen LogP contribution in [0.25, 0.3) is 20.7 Å². The number of aliphatic hydroxyl groups is 1. The molecule has 3 heterocycles. The molecule has 0 spiro atoms. The minimum absolute atomic E-state index is 0.136. The molecule has 0 fully saturated rings. The van der Waals surface area contributed by atoms with Gasteiger partial charge in [0, 0.05) is 21.8 Å². The number of nitrogens with one attached hydrogen (secondary N) is 4. The van der Waals surface area contributed by atoms with Crippen molar-refractivity contribution in [3.8, 4) is 16.2 Å². The number of fused-ring (bicyclic) bond motifs is 5. The van der Waals surface area contributed by atoms with Crippen molar-refractivity contribution in [3.63, 3.8) is 0 Å². The molecule has 1 unspecified atom stereocenters. The minimum Gasteiger partial charge on any atom is -0.487 e. The van der Waals surface area contributed by atoms with E-state index in [1.165, 1.54) is 22.6 Å². The molecule has 1 aliphatic carbocycles. The van der Waals surface area contributed by atoms with Gasteiger partial charge in [0.1, 0.15) is 35.1 Å². The van der Waals surface area contributed by atoms with Crippen molar-refractivity contribution in [1.82, 2.24) is 30.8 Å². The van der Waals surface area contributed by atoms with Gasteiger partial charge in [0.15, 0.2) is 0 Å². The number of rotatable bonds is 11. The van der Waals surface area contributed by atoms with E-state index in [9.17, 15) is 17.6 Å². The number of carbonyl (C=O) groups is 1. The van der Waals surface area contributed by atoms with Crippen LogP contribution in [0.4, 0.5) is 29.1 Å². The van der Waals surface area contributed by atoms with Crippen LogP contribution in [-0.4, -0.2) is 75.3 Å². The van der Waals surface area contributed by atoms with Gasteiger partial charge in [-0.1, -0.05) is 37.6 Å². The largest absolute Gasteiger partial charge is 0.490 e. The third-order valence-electron chi connectivity index (χ3n) is 7.47. The van der Waals surface area contributed by atoms with Gasteiger partial charge in [-0.3, -0.25) is 5.10 Å². The van der Waals surface area contributed by atoms with E-state index >= 15 is 0 Å². The van der Waals surface area contributed by atoms with Crippen molar-refractivity contribution in [3.05, 3.63) is 82.6 Å². The zero-order chi connectivity index (χ0) is 39.0. The van der Waals surface area contributed by atoms with E-state index in [4.69, 9.17) is 31.3 Å². The van der Waals surface area contributed by atoms with Crippen LogP contribution >= 0.6 is 22.9 Å². The minimum atomic E-state index is -5.08. The topological polar surface area (TPSA) is 157 Å². The molecule has 11 nitrogen and oxygen atoms in total. The third-order valence-corrected chi connectivity index (χ3v) is 8.94. The van der Waals surface area contributed by atoms with E-state index in [2.05, 4.69) is 50.0 Å². The van der Waals surface area contributed by atoms with Gasteiger partial charge in [0.25, 0.3) is 0 Å². The van der Waals surface area contributed by atoms with Gasteiger partial charge < -0.3 is 30.9 Å². The molecule has 17 heteroatoms. The van der Waals surface area contributed by atoms with E-state index in [0.717, 1.165) is 83.9 Å². The lowest BCUT2D eigenvalue weighted by molar-refractivity contribution is -0.192. The first-order chi connectivity index (χ1) is 25.3. The number of alkyl halides is 3. The molecule has 6 N–H and O–H groups in total. The lowest BCUT2D eigenvalue weighted by Gasteiger charge is -2.14. The molecule has 0 saturated carbocycles. The van der Waals surface area contributed by atoms with Gasteiger partial charge in [-0.05, 0) is 101 Å². The molecule has 53 heavy (non-hydrogen) atoms. The number of H-pyrrole nitrogens is 1. The summed E-state index contributed by atoms with van der Waals surface area (Å²) < 4.78 is 50.9. The van der Waals surface area contributed by atoms with Crippen LogP contribution in [0.2, 0.25) is 5.02 Å². The lowest BCUT2D eigenvalue weighted by Crippen LogP contribution is -2.21. The average Bonchev–Trinajstić information content (AvgIpc) is 3.75. The highest BCUT2D eigenvalue weighted by Crippen LogP contribution is 2.45. The second-order valence-corrected chi connectivity index (χ2v) is 13.0. The van der Waals surface area contributed by atoms with Crippen molar-refractivity contribution >= 4 is 50.6 Å². The molecule has 0 aliphatic heterocycles. The van der Waals surface area contributed by atoms with Gasteiger partial charge in [-0.25, -0.2) is 19.2 Å². The van der Waals surface area contributed by atoms with Gasteiger partial charge in [-0.15, -0.1) is 11.3 Å². The Balaban J connectivity index is 0.000000313. The maximum atomic E-state index is 13.4. The average molecular weight is 782 g/mol. The van der Waals surface area contributed by atoms with Crippen molar-refractivity contribution in [2.45, 2.75) is 65.3 Å². The second kappa shape index (κ2) is 21.4. The van der Waals surface area contributed by atoms with Gasteiger partial charge in [0.05, 0.1) is 22.7 Å². The van der Waals surface area contributed by atoms with E-state index in [1.807, 2.05) is 26.2 Å². The number of benzene rings is 2. The molecule has 3 aromatic heterocycles. The van der Waals surface area contributed by atoms with Crippen LogP contribution < -0.4 is 20.7 Å². The van der Waals surface area contributed by atoms with Crippen LogP contribution in [0.3, 0.4) is 0 Å². The van der Waals surface area contributed by atoms with E-state index < -0.39 is 12.1 Å². The fourth-order valence-corrected chi connectivity index (χ4v) is 6.27. The number of aliphatic carboxylic acids is 1. The highest BCUT2D eigenvalue weighted by atomic mass is 35.5. The predicted molar refractivity (Wildman–Crippen MR) is 201 cm³/mol. The molecular weight excluding hydrogens is 738 g/mol. The van der Waals surface area contributed by atoms with Gasteiger partial charge in [-0.2, -0.15) is 18.3 Å². The Morgan fingerprint density at radius 2 is 1.87 bits per heavy atom. The number of aromatic amines is 1. The number of aromatic nitrogens is 4. The number of carboxylic acids is 1. The summed E-state index contributed by atoms with van der Waals surface area (Å²) in [6.07, 6.45) is 2.03. The van der Waals surface area contributed by atoms with Gasteiger partial charge in [0.2, 0.25) is 0 Å². The number of anilines is 2. The highest BCUT2D eigenvalue weighted by Gasteiger charge is 2.38. The predicted octanol–water partition coefficient (Wildman–Crippen LogP) is 7.91. The zero-order valence-corrected chi connectivity index (χ0v) is 31.4. The molecular formula is C36H44ClF4N7O4S. The number of ether oxygens (including phenoxy) is 1. The Kier molecular flexibility index (Phi) is 17.4. The summed E-state index contributed by atoms with van der Waals surface area (Å²) in [6, 6.07) is 11.8. The summed E-state index contributed by atoms with van der Waals surface area (Å²) in [5, 5.41) is 34.3. The highest BCUT2D eigenvalue weighted by molar-refractivity contribution is 7.22. The molecule has 2 aromatic carbocycles. The van der Waals surface area contributed by atoms with E-state index in [-0.39, 0.29) is 18.5 Å². The van der Waals surface area contributed by atoms with Crippen molar-refractivity contribution in [1.29, 1.82) is 0 Å². The van der Waals surface area contributed by atoms with E-state index in [0.29, 0.717) is 10.8 Å². The normalized spacial score (nSPS) is 12.1. The van der Waals surface area contributed by atoms with Crippen molar-refractivity contribution in [2.24, 2.45) is 0 Å². The van der Waals surface area contributed by atoms with Gasteiger partial charge >= 0.3 is 12.1 Å². The summed E-state index contributed by atoms with van der Waals surface area (Å²) in [6.45, 7) is 9.34. The first-order valence-electron chi connectivity index (χ1n) is 16.8. The number of aryl methyl sites for hydroxylation is 2. The smallest absolute Gasteiger partial charge is 0.487 e. The number of carboxylic acid groups (broad SMARTS) is 1. The summed E-state index contributed by atoms with van der Waals surface area (Å²) in [7, 11) is 1.93. The molecule has 0 amide bonds. The Labute approximate surface area is 314 Å². The molecule has 1 atom stereocenters. The number of halogens is 5. The Morgan fingerprint density at radius 1 is 1.13 bits per heavy atom. The monoisotopic (exact) mass is 781 g/mol. The molecule has 0 radical (unpaired) electrons. The maximum absolute atomic E-state index is 13.4. The van der Waals surface area contributed by atoms with Crippen LogP contribution in [-0.2, 0) is 24.2 Å². The molecule has 6 rings (SSSR count). The molecule has 0 saturated heterocycles. The number of aliphatic hydroxyl groups excluding tert-OH is 1. The number of hydrogen-bond donors (Lipinski definition) is 6. The fraction of sp³-hybridized carbons (Fsp3) is 0.389. The Morgan fingerprint density at radius 3 is 2.49 bits per heavy atom. The third kappa shape index (κ3) is 13.5. The Bertz CT molecular complexity index is 1890. The number of hydrogen-bond acceptors (Lipinski definition) is 10. The maximum Gasteiger partial charge on any atom is 0.490 e. The zero-order valence-electron chi connectivity index (χ0n) is 29.8. The van der Waals surface area contributed by atoms with Crippen LogP contribution in [0.1, 0.15) is 50.4 Å². The molecule has 1 aliphatic rings. The lowest BCUT2D eigenvalue weighted by atomic mass is 9.95. The van der Waals surface area contributed by atoms with Crippen LogP contribution in [0.5, 0.6) is 5.75 Å². The molecule has 5 aromatic rings. The summed E-state index contributed by atoms with van der Waals surface area (Å²) in [4.78, 5) is 20.0. The van der Waals surface area contributed by atoms with Crippen molar-refractivity contribution in [2.75, 3.05) is 32.0 Å². The number of thiophene rings is 1. The van der Waals surface area contributed by atoms with Crippen LogP contribution in [0.15, 0.2) is 55.0 Å². The fourth-order valence-electron chi connectivity index (χ4n) is 4.81. The first kappa shape index (κ1) is 43.1. The Hall–Kier alpha value is -4.35. The molecule has 0 bridgehead atoms. The van der Waals surface area contributed by atoms with E-state index in [1.54, 1.807) is 41.9 Å². The first-order valence-corrected chi connectivity index (χ1v) is 18.0. The van der Waals surface area contributed by atoms with Crippen LogP contribution in [0, 0.1) is 5.82 Å². The summed E-state index contributed by atoms with van der Waals surface area (Å²) >= 11 is 8.13. The standard InChI is InChI=1S/C24H17ClFN5OS.C7H17NO.C3H9N.C2HF3O2/c25-18-9-15(4-7-20(18)32-11-13-2-1-3-14(26)8-13)30-23-21-16-5-6-19-17(10-29-31-19)22(16)33-24(21)28-12-27-23;1-3-8-6-4-5-7(2)9;1-3-4-2;3-2(4,5)1(6)7/h1-4,7-10,12H,5-6,11H2,(H,29,31)(H,27,28,30);7-9H,3-6H2,1-2H3;4H,3H2,1-2H3;(H,6,7). The molecule has 288 valence electrons.